The van der Waals surface area contributed by atoms with Gasteiger partial charge in [0.05, 0.1) is 11.5 Å². The summed E-state index contributed by atoms with van der Waals surface area (Å²) < 4.78 is 33.9. The van der Waals surface area contributed by atoms with Crippen LogP contribution < -0.4 is 11.3 Å². The third-order valence-electron chi connectivity index (χ3n) is 5.73. The Hall–Kier alpha value is -2.78. The van der Waals surface area contributed by atoms with Crippen molar-refractivity contribution in [3.05, 3.63) is 50.4 Å². The Bertz CT molecular complexity index is 1280. The maximum Gasteiger partial charge on any atom is 0.317 e. The first-order valence-electron chi connectivity index (χ1n) is 10.3. The quantitative estimate of drug-likeness (QED) is 0.255. The van der Waals surface area contributed by atoms with Crippen LogP contribution in [0, 0.1) is 22.5 Å². The van der Waals surface area contributed by atoms with Gasteiger partial charge < -0.3 is 20.4 Å². The molecule has 35 heavy (non-hydrogen) atoms. The lowest BCUT2D eigenvalue weighted by atomic mass is 9.93. The van der Waals surface area contributed by atoms with Crippen LogP contribution in [0.4, 0.5) is 0 Å². The molecule has 3 N–H and O–H groups in total. The fourth-order valence-electron chi connectivity index (χ4n) is 3.72. The first-order valence-corrected chi connectivity index (χ1v) is 11.8. The maximum atomic E-state index is 13.2. The zero-order valence-electron chi connectivity index (χ0n) is 19.1. The minimum Gasteiger partial charge on any atom is -0.443 e. The molecule has 0 aliphatic carbocycles. The molecule has 0 radical (unpaired) electrons. The van der Waals surface area contributed by atoms with E-state index in [4.69, 9.17) is 10.5 Å². The summed E-state index contributed by atoms with van der Waals surface area (Å²) in [5.74, 6) is -1.01. The molecule has 1 aliphatic rings. The average Bonchev–Trinajstić information content (AvgIpc) is 3.25. The highest BCUT2D eigenvalue weighted by molar-refractivity contribution is 7.89. The van der Waals surface area contributed by atoms with Crippen molar-refractivity contribution in [3.8, 4) is 0 Å². The van der Waals surface area contributed by atoms with Gasteiger partial charge in [-0.2, -0.15) is 4.31 Å². The molecule has 0 spiro atoms. The number of aliphatic hydroxyl groups excluding tert-OH is 1. The van der Waals surface area contributed by atoms with E-state index in [2.05, 4.69) is 4.84 Å². The van der Waals surface area contributed by atoms with Crippen molar-refractivity contribution < 1.29 is 33.0 Å². The first kappa shape index (κ1) is 28.5. The van der Waals surface area contributed by atoms with Gasteiger partial charge in [-0.25, -0.2) is 8.42 Å². The van der Waals surface area contributed by atoms with Gasteiger partial charge in [-0.3, -0.25) is 14.2 Å². The highest BCUT2D eigenvalue weighted by atomic mass is 35.5. The normalized spacial score (nSPS) is 18.0. The van der Waals surface area contributed by atoms with Crippen LogP contribution in [0.2, 0.25) is 0 Å². The van der Waals surface area contributed by atoms with Crippen LogP contribution in [0.25, 0.3) is 10.8 Å². The van der Waals surface area contributed by atoms with Crippen molar-refractivity contribution in [2.45, 2.75) is 37.9 Å². The Morgan fingerprint density at radius 1 is 1.40 bits per heavy atom. The number of aromatic nitrogens is 1. The molecule has 1 fully saturated rings. The zero-order valence-corrected chi connectivity index (χ0v) is 20.7. The highest BCUT2D eigenvalue weighted by Crippen LogP contribution is 2.29. The number of nitrogens with two attached hydrogens (primary N) is 1. The number of carbonyl (C=O) groups is 1. The molecule has 1 saturated heterocycles. The number of sulfonamides is 1. The smallest absolute Gasteiger partial charge is 0.317 e. The van der Waals surface area contributed by atoms with Crippen molar-refractivity contribution >= 4 is 39.2 Å². The van der Waals surface area contributed by atoms with Crippen molar-refractivity contribution in [2.75, 3.05) is 26.3 Å². The molecular weight excluding hydrogens is 508 g/mol. The number of hydrogen-bond donors (Lipinski definition) is 2. The molecular formula is C20H27ClN4O9S. The fraction of sp³-hybridized carbons (Fsp3) is 0.500. The summed E-state index contributed by atoms with van der Waals surface area (Å²) in [5.41, 5.74) is 3.99. The van der Waals surface area contributed by atoms with Gasteiger partial charge in [0.2, 0.25) is 10.0 Å². The van der Waals surface area contributed by atoms with Gasteiger partial charge >= 0.3 is 5.97 Å². The van der Waals surface area contributed by atoms with Crippen molar-refractivity contribution in [1.82, 2.24) is 8.87 Å². The molecule has 1 aromatic heterocycles. The van der Waals surface area contributed by atoms with Crippen LogP contribution in [-0.2, 0) is 31.1 Å². The van der Waals surface area contributed by atoms with E-state index >= 15 is 0 Å². The van der Waals surface area contributed by atoms with Gasteiger partial charge in [-0.1, -0.05) is 6.07 Å². The number of ether oxygens (including phenoxy) is 1. The predicted octanol–water partition coefficient (Wildman–Crippen LogP) is 0.161. The Morgan fingerprint density at radius 3 is 2.66 bits per heavy atom. The summed E-state index contributed by atoms with van der Waals surface area (Å²) in [5, 5.41) is 19.2. The number of nitrogens with zero attached hydrogens (tertiary/aromatic N) is 3. The van der Waals surface area contributed by atoms with Crippen molar-refractivity contribution in [1.29, 1.82) is 0 Å². The summed E-state index contributed by atoms with van der Waals surface area (Å²) in [6, 6.07) is 4.11. The lowest BCUT2D eigenvalue weighted by Crippen LogP contribution is -2.39. The molecule has 1 unspecified atom stereocenters. The number of pyridine rings is 1. The second-order valence-corrected chi connectivity index (χ2v) is 10.4. The Kier molecular flexibility index (Phi) is 8.84. The molecule has 15 heteroatoms. The van der Waals surface area contributed by atoms with Gasteiger partial charge in [0.25, 0.3) is 10.6 Å². The number of hydrogen-bond acceptors (Lipinski definition) is 10. The molecule has 2 atom stereocenters. The topological polar surface area (TPSA) is 184 Å². The van der Waals surface area contributed by atoms with E-state index < -0.39 is 52.0 Å². The van der Waals surface area contributed by atoms with E-state index in [0.717, 1.165) is 4.57 Å². The largest absolute Gasteiger partial charge is 0.443 e. The van der Waals surface area contributed by atoms with Crippen molar-refractivity contribution in [2.24, 2.45) is 11.1 Å². The molecule has 2 aromatic rings. The first-order chi connectivity index (χ1) is 15.9. The second kappa shape index (κ2) is 10.9. The molecule has 1 aromatic carbocycles. The van der Waals surface area contributed by atoms with Gasteiger partial charge in [0.1, 0.15) is 12.0 Å². The average molecular weight is 535 g/mol. The van der Waals surface area contributed by atoms with Crippen LogP contribution in [-0.4, -0.2) is 65.8 Å². The molecule has 0 bridgehead atoms. The third kappa shape index (κ3) is 5.73. The number of carbonyl (C=O) groups excluding carboxylic acids is 1. The molecule has 194 valence electrons. The summed E-state index contributed by atoms with van der Waals surface area (Å²) in [7, 11) is -3.89. The Balaban J connectivity index is 0.00000432. The summed E-state index contributed by atoms with van der Waals surface area (Å²) in [6.45, 7) is 1.24. The molecule has 0 saturated carbocycles. The van der Waals surface area contributed by atoms with Crippen LogP contribution >= 0.6 is 12.4 Å². The molecule has 2 heterocycles. The van der Waals surface area contributed by atoms with Gasteiger partial charge in [-0.15, -0.1) is 22.5 Å². The van der Waals surface area contributed by atoms with Crippen LogP contribution in [0.15, 0.2) is 34.1 Å². The fourth-order valence-corrected chi connectivity index (χ4v) is 5.51. The molecule has 1 aliphatic heterocycles. The van der Waals surface area contributed by atoms with Crippen molar-refractivity contribution in [3.63, 3.8) is 0 Å². The minimum atomic E-state index is -3.89. The van der Waals surface area contributed by atoms with Crippen LogP contribution in [0.3, 0.4) is 0 Å². The summed E-state index contributed by atoms with van der Waals surface area (Å²) in [4.78, 5) is 40.1. The zero-order chi connectivity index (χ0) is 25.3. The van der Waals surface area contributed by atoms with E-state index in [-0.39, 0.29) is 47.2 Å². The molecule has 3 rings (SSSR count). The molecule has 13 nitrogen and oxygen atoms in total. The number of benzene rings is 1. The number of aryl methyl sites for hydroxylation is 1. The number of aliphatic hydroxyl groups is 1. The van der Waals surface area contributed by atoms with Crippen LogP contribution in [0.1, 0.15) is 18.9 Å². The van der Waals surface area contributed by atoms with Gasteiger partial charge in [0, 0.05) is 36.1 Å². The lowest BCUT2D eigenvalue weighted by molar-refractivity contribution is -0.760. The monoisotopic (exact) mass is 534 g/mol. The van der Waals surface area contributed by atoms with Gasteiger partial charge in [-0.05, 0) is 38.0 Å². The van der Waals surface area contributed by atoms with Crippen LogP contribution in [0.5, 0.6) is 0 Å². The Labute approximate surface area is 207 Å². The van der Waals surface area contributed by atoms with E-state index in [1.165, 1.54) is 35.6 Å². The summed E-state index contributed by atoms with van der Waals surface area (Å²) >= 11 is 0. The minimum absolute atomic E-state index is 0. The summed E-state index contributed by atoms with van der Waals surface area (Å²) in [6.07, 6.45) is 1.90. The number of fused-ring (bicyclic) bond motifs is 1. The SMILES string of the molecule is Cc1cn(COC(=O)C(C)(CO)CO[N+](=O)[O-])c(=O)c2cccc(S(=O)(=O)N3CC[C@H](N)C3)c12.Cl. The Morgan fingerprint density at radius 2 is 2.09 bits per heavy atom. The second-order valence-electron chi connectivity index (χ2n) is 8.45. The van der Waals surface area contributed by atoms with E-state index in [1.54, 1.807) is 6.92 Å². The highest BCUT2D eigenvalue weighted by Gasteiger charge is 2.36. The molecule has 0 amide bonds. The third-order valence-corrected chi connectivity index (χ3v) is 7.64. The van der Waals surface area contributed by atoms with E-state index in [9.17, 15) is 33.2 Å². The van der Waals surface area contributed by atoms with Gasteiger partial charge in [0.15, 0.2) is 6.73 Å². The predicted molar refractivity (Wildman–Crippen MR) is 126 cm³/mol. The lowest BCUT2D eigenvalue weighted by Gasteiger charge is -2.24. The van der Waals surface area contributed by atoms with E-state index in [0.29, 0.717) is 12.0 Å². The number of halogens is 1. The van der Waals surface area contributed by atoms with E-state index in [1.807, 2.05) is 0 Å². The number of rotatable bonds is 9. The standard InChI is InChI=1S/C20H26N4O9S.ClH/c1-13-8-22(12-32-19(27)20(2,10-25)11-33-24(28)29)18(26)15-4-3-5-16(17(13)15)34(30,31)23-7-6-14(21)9-23;/h3-5,8,14,25H,6-7,9-12,21H2,1-2H3;1H/t14-,20?;/m0./s1. The maximum absolute atomic E-state index is 13.2. The number of esters is 1.